The number of benzene rings is 1. The highest BCUT2D eigenvalue weighted by Crippen LogP contribution is 2.36. The maximum Gasteiger partial charge on any atom is 0.244 e. The molecular formula is C20H24N2O3. The number of allylic oxidation sites excluding steroid dienone is 2. The minimum Gasteiger partial charge on any atom is -0.493 e. The zero-order valence-corrected chi connectivity index (χ0v) is 14.5. The Balaban J connectivity index is 1.65. The fraction of sp³-hybridized carbons (Fsp3) is 0.500. The van der Waals surface area contributed by atoms with Crippen molar-refractivity contribution in [2.75, 3.05) is 7.11 Å². The minimum absolute atomic E-state index is 0.0223. The summed E-state index contributed by atoms with van der Waals surface area (Å²) in [6.07, 6.45) is 10.8. The first kappa shape index (κ1) is 16.2. The maximum atomic E-state index is 12.1. The van der Waals surface area contributed by atoms with E-state index in [2.05, 4.69) is 22.7 Å². The van der Waals surface area contributed by atoms with Crippen LogP contribution in [0.4, 0.5) is 0 Å². The first-order chi connectivity index (χ1) is 12.3. The highest BCUT2D eigenvalue weighted by atomic mass is 16.5. The molecular weight excluding hydrogens is 316 g/mol. The number of methoxy groups -OCH3 is 1. The van der Waals surface area contributed by atoms with Gasteiger partial charge in [0.2, 0.25) is 5.91 Å². The number of amides is 1. The summed E-state index contributed by atoms with van der Waals surface area (Å²) < 4.78 is 11.7. The van der Waals surface area contributed by atoms with Crippen LogP contribution in [0.1, 0.15) is 44.1 Å². The van der Waals surface area contributed by atoms with Crippen molar-refractivity contribution in [1.82, 2.24) is 5.43 Å². The summed E-state index contributed by atoms with van der Waals surface area (Å²) in [6, 6.07) is 5.96. The van der Waals surface area contributed by atoms with Crippen LogP contribution in [0.5, 0.6) is 11.5 Å². The average molecular weight is 340 g/mol. The largest absolute Gasteiger partial charge is 0.493 e. The number of carbonyl (C=O) groups is 1. The first-order valence-electron chi connectivity index (χ1n) is 9.14. The summed E-state index contributed by atoms with van der Waals surface area (Å²) in [5.74, 6) is 1.64. The molecule has 4 rings (SSSR count). The molecule has 0 unspecified atom stereocenters. The van der Waals surface area contributed by atoms with Gasteiger partial charge >= 0.3 is 0 Å². The van der Waals surface area contributed by atoms with E-state index in [1.54, 1.807) is 7.11 Å². The van der Waals surface area contributed by atoms with Crippen LogP contribution in [0.25, 0.3) is 0 Å². The van der Waals surface area contributed by atoms with E-state index in [0.29, 0.717) is 0 Å². The van der Waals surface area contributed by atoms with Crippen molar-refractivity contribution in [2.24, 2.45) is 16.9 Å². The van der Waals surface area contributed by atoms with Gasteiger partial charge in [-0.1, -0.05) is 12.2 Å². The van der Waals surface area contributed by atoms with Crippen molar-refractivity contribution in [3.8, 4) is 11.5 Å². The molecule has 0 radical (unpaired) electrons. The van der Waals surface area contributed by atoms with Crippen molar-refractivity contribution in [2.45, 2.75) is 44.6 Å². The molecule has 1 aromatic carbocycles. The smallest absolute Gasteiger partial charge is 0.244 e. The lowest BCUT2D eigenvalue weighted by Crippen LogP contribution is -2.42. The van der Waals surface area contributed by atoms with Crippen LogP contribution in [-0.4, -0.2) is 24.8 Å². The number of ether oxygens (including phenoxy) is 2. The summed E-state index contributed by atoms with van der Waals surface area (Å²) in [7, 11) is 1.66. The summed E-state index contributed by atoms with van der Waals surface area (Å²) in [5, 5.41) is 4.38. The number of rotatable bonds is 4. The Morgan fingerprint density at radius 2 is 1.84 bits per heavy atom. The SMILES string of the molecule is COc1ccc(C2=NNC(=O)[C@H]3CC=CC[C@@H]23)cc1OC1CCCC1. The Morgan fingerprint density at radius 1 is 1.08 bits per heavy atom. The van der Waals surface area contributed by atoms with E-state index in [4.69, 9.17) is 9.47 Å². The Bertz CT molecular complexity index is 720. The van der Waals surface area contributed by atoms with Gasteiger partial charge in [0, 0.05) is 11.5 Å². The fourth-order valence-electron chi connectivity index (χ4n) is 4.08. The monoisotopic (exact) mass is 340 g/mol. The molecule has 132 valence electrons. The average Bonchev–Trinajstić information content (AvgIpc) is 3.15. The number of hydrogen-bond acceptors (Lipinski definition) is 4. The zero-order valence-electron chi connectivity index (χ0n) is 14.5. The van der Waals surface area contributed by atoms with Crippen LogP contribution in [-0.2, 0) is 4.79 Å². The molecule has 0 spiro atoms. The highest BCUT2D eigenvalue weighted by molar-refractivity contribution is 6.07. The molecule has 2 aliphatic carbocycles. The molecule has 5 heteroatoms. The number of fused-ring (bicyclic) bond motifs is 1. The molecule has 1 heterocycles. The molecule has 25 heavy (non-hydrogen) atoms. The third-order valence-corrected chi connectivity index (χ3v) is 5.46. The number of nitrogens with zero attached hydrogens (tertiary/aromatic N) is 1. The molecule has 1 fully saturated rings. The van der Waals surface area contributed by atoms with Gasteiger partial charge in [0.25, 0.3) is 0 Å². The van der Waals surface area contributed by atoms with Crippen molar-refractivity contribution >= 4 is 11.6 Å². The first-order valence-corrected chi connectivity index (χ1v) is 9.14. The van der Waals surface area contributed by atoms with Gasteiger partial charge in [0.1, 0.15) is 0 Å². The van der Waals surface area contributed by atoms with Gasteiger partial charge in [-0.15, -0.1) is 0 Å². The predicted molar refractivity (Wildman–Crippen MR) is 95.9 cm³/mol. The number of hydrazone groups is 1. The van der Waals surface area contributed by atoms with Crippen LogP contribution in [0, 0.1) is 11.8 Å². The second kappa shape index (κ2) is 6.90. The van der Waals surface area contributed by atoms with Crippen molar-refractivity contribution in [1.29, 1.82) is 0 Å². The Labute approximate surface area is 148 Å². The molecule has 3 aliphatic rings. The normalized spacial score (nSPS) is 26.0. The van der Waals surface area contributed by atoms with Gasteiger partial charge < -0.3 is 9.47 Å². The molecule has 0 bridgehead atoms. The number of carbonyl (C=O) groups excluding carboxylic acids is 1. The van der Waals surface area contributed by atoms with Crippen molar-refractivity contribution < 1.29 is 14.3 Å². The lowest BCUT2D eigenvalue weighted by molar-refractivity contribution is -0.126. The van der Waals surface area contributed by atoms with Gasteiger partial charge in [0.15, 0.2) is 11.5 Å². The van der Waals surface area contributed by atoms with Crippen LogP contribution >= 0.6 is 0 Å². The third kappa shape index (κ3) is 3.15. The lowest BCUT2D eigenvalue weighted by Gasteiger charge is -2.32. The second-order valence-electron chi connectivity index (χ2n) is 7.02. The Kier molecular flexibility index (Phi) is 4.47. The molecule has 0 saturated heterocycles. The summed E-state index contributed by atoms with van der Waals surface area (Å²) in [5.41, 5.74) is 4.63. The van der Waals surface area contributed by atoms with Gasteiger partial charge in [-0.2, -0.15) is 5.10 Å². The van der Waals surface area contributed by atoms with Gasteiger partial charge in [-0.25, -0.2) is 5.43 Å². The topological polar surface area (TPSA) is 59.9 Å². The van der Waals surface area contributed by atoms with E-state index in [1.165, 1.54) is 12.8 Å². The third-order valence-electron chi connectivity index (χ3n) is 5.46. The molecule has 1 aromatic rings. The predicted octanol–water partition coefficient (Wildman–Crippen LogP) is 3.43. The summed E-state index contributed by atoms with van der Waals surface area (Å²) in [6.45, 7) is 0. The molecule has 1 saturated carbocycles. The molecule has 2 atom stereocenters. The summed E-state index contributed by atoms with van der Waals surface area (Å²) >= 11 is 0. The van der Waals surface area contributed by atoms with Gasteiger partial charge in [-0.05, 0) is 56.7 Å². The maximum absolute atomic E-state index is 12.1. The van der Waals surface area contributed by atoms with E-state index in [9.17, 15) is 4.79 Å². The Morgan fingerprint density at radius 3 is 2.60 bits per heavy atom. The number of hydrogen-bond donors (Lipinski definition) is 1. The van der Waals surface area contributed by atoms with Crippen LogP contribution < -0.4 is 14.9 Å². The molecule has 0 aromatic heterocycles. The van der Waals surface area contributed by atoms with E-state index in [-0.39, 0.29) is 23.8 Å². The summed E-state index contributed by atoms with van der Waals surface area (Å²) in [4.78, 5) is 12.1. The molecule has 1 aliphatic heterocycles. The Hall–Kier alpha value is -2.30. The van der Waals surface area contributed by atoms with Crippen LogP contribution in [0.15, 0.2) is 35.5 Å². The van der Waals surface area contributed by atoms with Gasteiger partial charge in [0.05, 0.1) is 24.8 Å². The standard InChI is InChI=1S/C20H24N2O3/c1-24-17-11-10-13(12-18(17)25-14-6-2-3-7-14)19-15-8-4-5-9-16(15)20(23)22-21-19/h4-5,10-12,14-16H,2-3,6-9H2,1H3,(H,22,23)/t15-,16+/m1/s1. The van der Waals surface area contributed by atoms with Crippen molar-refractivity contribution in [3.05, 3.63) is 35.9 Å². The molecule has 5 nitrogen and oxygen atoms in total. The number of nitrogens with one attached hydrogen (secondary N) is 1. The lowest BCUT2D eigenvalue weighted by atomic mass is 9.76. The quantitative estimate of drug-likeness (QED) is 0.854. The zero-order chi connectivity index (χ0) is 17.2. The van der Waals surface area contributed by atoms with E-state index in [0.717, 1.165) is 48.5 Å². The van der Waals surface area contributed by atoms with Gasteiger partial charge in [-0.3, -0.25) is 4.79 Å². The fourth-order valence-corrected chi connectivity index (χ4v) is 4.08. The molecule has 1 amide bonds. The second-order valence-corrected chi connectivity index (χ2v) is 7.02. The van der Waals surface area contributed by atoms with Crippen LogP contribution in [0.3, 0.4) is 0 Å². The van der Waals surface area contributed by atoms with E-state index >= 15 is 0 Å². The van der Waals surface area contributed by atoms with E-state index < -0.39 is 0 Å². The van der Waals surface area contributed by atoms with Crippen molar-refractivity contribution in [3.63, 3.8) is 0 Å². The highest BCUT2D eigenvalue weighted by Gasteiger charge is 2.36. The van der Waals surface area contributed by atoms with Crippen LogP contribution in [0.2, 0.25) is 0 Å². The van der Waals surface area contributed by atoms with E-state index in [1.807, 2.05) is 18.2 Å². The minimum atomic E-state index is -0.0289. The molecule has 1 N–H and O–H groups in total.